The van der Waals surface area contributed by atoms with E-state index in [0.717, 1.165) is 11.3 Å². The molecule has 0 aliphatic heterocycles. The van der Waals surface area contributed by atoms with E-state index in [-0.39, 0.29) is 0 Å². The number of nitrogens with zero attached hydrogens (tertiary/aromatic N) is 1. The number of aromatic nitrogens is 1. The van der Waals surface area contributed by atoms with Gasteiger partial charge in [0.25, 0.3) is 5.91 Å². The van der Waals surface area contributed by atoms with Gasteiger partial charge in [0.05, 0.1) is 11.3 Å². The molecule has 0 spiro atoms. The first-order chi connectivity index (χ1) is 9.51. The molecule has 2 aromatic rings. The summed E-state index contributed by atoms with van der Waals surface area (Å²) in [5.41, 5.74) is 5.12. The fraction of sp³-hybridized carbons (Fsp3) is 0.143. The number of pyridine rings is 1. The maximum atomic E-state index is 13.2. The Balaban J connectivity index is 2.30. The van der Waals surface area contributed by atoms with E-state index in [1.54, 1.807) is 26.0 Å². The molecule has 1 aromatic carbocycles. The summed E-state index contributed by atoms with van der Waals surface area (Å²) in [7, 11) is 0. The van der Waals surface area contributed by atoms with Crippen molar-refractivity contribution in [2.45, 2.75) is 13.8 Å². The summed E-state index contributed by atoms with van der Waals surface area (Å²) in [5.74, 6) is 4.57. The standard InChI is InChI=1S/C14H15FN4O/c1-8-3-4-10(15)6-12(8)18-14(20)11-7-17-9(2)5-13(11)19-16/h3-7H,16H2,1-2H3,(H,17,19)(H,18,20). The Morgan fingerprint density at radius 2 is 2.00 bits per heavy atom. The van der Waals surface area contributed by atoms with E-state index in [0.29, 0.717) is 16.9 Å². The van der Waals surface area contributed by atoms with Gasteiger partial charge in [-0.1, -0.05) is 6.07 Å². The van der Waals surface area contributed by atoms with Crippen LogP contribution in [0.4, 0.5) is 15.8 Å². The lowest BCUT2D eigenvalue weighted by molar-refractivity contribution is 0.102. The van der Waals surface area contributed by atoms with Crippen molar-refractivity contribution in [2.75, 3.05) is 10.7 Å². The molecule has 0 saturated heterocycles. The van der Waals surface area contributed by atoms with Crippen LogP contribution in [0.5, 0.6) is 0 Å². The van der Waals surface area contributed by atoms with Crippen LogP contribution < -0.4 is 16.6 Å². The van der Waals surface area contributed by atoms with E-state index >= 15 is 0 Å². The number of carbonyl (C=O) groups excluding carboxylic acids is 1. The first-order valence-corrected chi connectivity index (χ1v) is 6.02. The highest BCUT2D eigenvalue weighted by Gasteiger charge is 2.13. The minimum Gasteiger partial charge on any atom is -0.323 e. The third-order valence-corrected chi connectivity index (χ3v) is 2.89. The molecule has 1 aromatic heterocycles. The highest BCUT2D eigenvalue weighted by Crippen LogP contribution is 2.20. The maximum absolute atomic E-state index is 13.2. The predicted octanol–water partition coefficient (Wildman–Crippen LogP) is 2.38. The Hall–Kier alpha value is -2.47. The number of halogens is 1. The van der Waals surface area contributed by atoms with Crippen molar-refractivity contribution in [3.63, 3.8) is 0 Å². The van der Waals surface area contributed by atoms with Gasteiger partial charge in [-0.2, -0.15) is 0 Å². The highest BCUT2D eigenvalue weighted by atomic mass is 19.1. The summed E-state index contributed by atoms with van der Waals surface area (Å²) >= 11 is 0. The molecule has 0 fully saturated rings. The normalized spacial score (nSPS) is 10.2. The van der Waals surface area contributed by atoms with Crippen molar-refractivity contribution in [1.29, 1.82) is 0 Å². The number of nitrogen functional groups attached to an aromatic ring is 1. The lowest BCUT2D eigenvalue weighted by atomic mass is 10.1. The van der Waals surface area contributed by atoms with Crippen molar-refractivity contribution in [3.05, 3.63) is 53.1 Å². The van der Waals surface area contributed by atoms with E-state index in [9.17, 15) is 9.18 Å². The van der Waals surface area contributed by atoms with E-state index in [2.05, 4.69) is 15.7 Å². The summed E-state index contributed by atoms with van der Waals surface area (Å²) in [5, 5.41) is 2.65. The van der Waals surface area contributed by atoms with Crippen LogP contribution in [0.3, 0.4) is 0 Å². The van der Waals surface area contributed by atoms with E-state index in [4.69, 9.17) is 5.84 Å². The Morgan fingerprint density at radius 1 is 1.25 bits per heavy atom. The topological polar surface area (TPSA) is 80.0 Å². The number of rotatable bonds is 3. The first kappa shape index (κ1) is 14.0. The summed E-state index contributed by atoms with van der Waals surface area (Å²) in [6, 6.07) is 5.86. The Bertz CT molecular complexity index is 658. The fourth-order valence-corrected chi connectivity index (χ4v) is 1.78. The SMILES string of the molecule is Cc1cc(NN)c(C(=O)Nc2cc(F)ccc2C)cn1. The van der Waals surface area contributed by atoms with Crippen molar-refractivity contribution in [1.82, 2.24) is 4.98 Å². The average Bonchev–Trinajstić information content (AvgIpc) is 2.42. The third kappa shape index (κ3) is 2.92. The third-order valence-electron chi connectivity index (χ3n) is 2.89. The molecule has 0 bridgehead atoms. The van der Waals surface area contributed by atoms with Gasteiger partial charge in [0.1, 0.15) is 5.82 Å². The van der Waals surface area contributed by atoms with Gasteiger partial charge in [0, 0.05) is 17.6 Å². The highest BCUT2D eigenvalue weighted by molar-refractivity contribution is 6.08. The molecule has 0 unspecified atom stereocenters. The number of hydrogen-bond acceptors (Lipinski definition) is 4. The lowest BCUT2D eigenvalue weighted by Gasteiger charge is -2.11. The summed E-state index contributed by atoms with van der Waals surface area (Å²) in [6.07, 6.45) is 1.43. The van der Waals surface area contributed by atoms with Gasteiger partial charge < -0.3 is 10.7 Å². The molecule has 1 heterocycles. The second-order valence-corrected chi connectivity index (χ2v) is 4.43. The molecule has 0 aliphatic rings. The van der Waals surface area contributed by atoms with Crippen molar-refractivity contribution in [2.24, 2.45) is 5.84 Å². The molecule has 20 heavy (non-hydrogen) atoms. The maximum Gasteiger partial charge on any atom is 0.259 e. The van der Waals surface area contributed by atoms with Crippen LogP contribution in [0, 0.1) is 19.7 Å². The molecule has 104 valence electrons. The Morgan fingerprint density at radius 3 is 2.70 bits per heavy atom. The van der Waals surface area contributed by atoms with Crippen LogP contribution in [-0.2, 0) is 0 Å². The zero-order valence-electron chi connectivity index (χ0n) is 11.2. The van der Waals surface area contributed by atoms with Crippen LogP contribution in [-0.4, -0.2) is 10.9 Å². The Labute approximate surface area is 116 Å². The number of hydrogen-bond donors (Lipinski definition) is 3. The van der Waals surface area contributed by atoms with Gasteiger partial charge in [0.2, 0.25) is 0 Å². The zero-order chi connectivity index (χ0) is 14.7. The van der Waals surface area contributed by atoms with Crippen molar-refractivity contribution in [3.8, 4) is 0 Å². The number of aryl methyl sites for hydroxylation is 2. The van der Waals surface area contributed by atoms with Crippen molar-refractivity contribution >= 4 is 17.3 Å². The minimum absolute atomic E-state index is 0.293. The molecule has 6 heteroatoms. The lowest BCUT2D eigenvalue weighted by Crippen LogP contribution is -2.18. The number of amides is 1. The minimum atomic E-state index is -0.412. The smallest absolute Gasteiger partial charge is 0.259 e. The van der Waals surface area contributed by atoms with Gasteiger partial charge in [-0.3, -0.25) is 15.6 Å². The molecule has 0 radical (unpaired) electrons. The average molecular weight is 274 g/mol. The molecule has 4 N–H and O–H groups in total. The number of carbonyl (C=O) groups is 1. The van der Waals surface area contributed by atoms with Gasteiger partial charge >= 0.3 is 0 Å². The summed E-state index contributed by atoms with van der Waals surface area (Å²) < 4.78 is 13.2. The number of nitrogens with two attached hydrogens (primary N) is 1. The molecular formula is C14H15FN4O. The Kier molecular flexibility index (Phi) is 3.95. The van der Waals surface area contributed by atoms with E-state index < -0.39 is 11.7 Å². The number of anilines is 2. The van der Waals surface area contributed by atoms with E-state index in [1.165, 1.54) is 18.3 Å². The van der Waals surface area contributed by atoms with Crippen LogP contribution >= 0.6 is 0 Å². The molecule has 0 saturated carbocycles. The van der Waals surface area contributed by atoms with Crippen LogP contribution in [0.2, 0.25) is 0 Å². The quantitative estimate of drug-likeness (QED) is 0.593. The molecule has 0 atom stereocenters. The van der Waals surface area contributed by atoms with E-state index in [1.807, 2.05) is 0 Å². The van der Waals surface area contributed by atoms with Crippen LogP contribution in [0.25, 0.3) is 0 Å². The predicted molar refractivity (Wildman–Crippen MR) is 75.9 cm³/mol. The molecule has 0 aliphatic carbocycles. The second-order valence-electron chi connectivity index (χ2n) is 4.43. The fourth-order valence-electron chi connectivity index (χ4n) is 1.78. The molecule has 1 amide bonds. The van der Waals surface area contributed by atoms with Gasteiger partial charge in [0.15, 0.2) is 0 Å². The molecule has 5 nitrogen and oxygen atoms in total. The molecule has 2 rings (SSSR count). The second kappa shape index (κ2) is 5.66. The summed E-state index contributed by atoms with van der Waals surface area (Å²) in [4.78, 5) is 16.3. The first-order valence-electron chi connectivity index (χ1n) is 6.02. The zero-order valence-corrected chi connectivity index (χ0v) is 11.2. The number of nitrogens with one attached hydrogen (secondary N) is 2. The van der Waals surface area contributed by atoms with Gasteiger partial charge in [-0.15, -0.1) is 0 Å². The van der Waals surface area contributed by atoms with Gasteiger partial charge in [-0.05, 0) is 37.6 Å². The number of hydrazine groups is 1. The monoisotopic (exact) mass is 274 g/mol. The van der Waals surface area contributed by atoms with Crippen LogP contribution in [0.1, 0.15) is 21.6 Å². The molecular weight excluding hydrogens is 259 g/mol. The summed E-state index contributed by atoms with van der Waals surface area (Å²) in [6.45, 7) is 3.57. The largest absolute Gasteiger partial charge is 0.323 e. The van der Waals surface area contributed by atoms with Crippen molar-refractivity contribution < 1.29 is 9.18 Å². The number of benzene rings is 1. The van der Waals surface area contributed by atoms with Gasteiger partial charge in [-0.25, -0.2) is 4.39 Å². The van der Waals surface area contributed by atoms with Crippen LogP contribution in [0.15, 0.2) is 30.5 Å².